The van der Waals surface area contributed by atoms with Crippen LogP contribution in [0.2, 0.25) is 0 Å². The van der Waals surface area contributed by atoms with Crippen LogP contribution in [0.15, 0.2) is 30.3 Å². The normalized spacial score (nSPS) is 13.1. The Labute approximate surface area is 123 Å². The first-order chi connectivity index (χ1) is 9.70. The second-order valence-corrected chi connectivity index (χ2v) is 5.81. The predicted octanol–water partition coefficient (Wildman–Crippen LogP) is 2.13. The SMILES string of the molecule is CC(C)(C)C(O)CNC(=O)/C=C/c1cccc([N+](=O)[O-])c1. The molecule has 6 nitrogen and oxygen atoms in total. The van der Waals surface area contributed by atoms with Gasteiger partial charge in [0.25, 0.3) is 5.69 Å². The molecule has 6 heteroatoms. The highest BCUT2D eigenvalue weighted by molar-refractivity contribution is 5.91. The second kappa shape index (κ2) is 6.99. The van der Waals surface area contributed by atoms with Crippen molar-refractivity contribution in [1.29, 1.82) is 0 Å². The van der Waals surface area contributed by atoms with E-state index in [9.17, 15) is 20.0 Å². The van der Waals surface area contributed by atoms with Crippen LogP contribution in [0.4, 0.5) is 5.69 Å². The molecule has 0 aliphatic carbocycles. The molecule has 1 aromatic rings. The van der Waals surface area contributed by atoms with Gasteiger partial charge in [-0.1, -0.05) is 32.9 Å². The quantitative estimate of drug-likeness (QED) is 0.494. The molecule has 0 radical (unpaired) electrons. The van der Waals surface area contributed by atoms with E-state index in [1.807, 2.05) is 20.8 Å². The number of hydrogen-bond donors (Lipinski definition) is 2. The highest BCUT2D eigenvalue weighted by Crippen LogP contribution is 2.18. The van der Waals surface area contributed by atoms with Crippen LogP contribution in [0.3, 0.4) is 0 Å². The molecule has 0 saturated heterocycles. The summed E-state index contributed by atoms with van der Waals surface area (Å²) in [6.45, 7) is 5.79. The smallest absolute Gasteiger partial charge is 0.270 e. The molecule has 0 spiro atoms. The number of nitrogens with zero attached hydrogens (tertiary/aromatic N) is 1. The second-order valence-electron chi connectivity index (χ2n) is 5.81. The van der Waals surface area contributed by atoms with Crippen LogP contribution in [0.5, 0.6) is 0 Å². The average molecular weight is 292 g/mol. The topological polar surface area (TPSA) is 92.5 Å². The van der Waals surface area contributed by atoms with Gasteiger partial charge in [-0.3, -0.25) is 14.9 Å². The van der Waals surface area contributed by atoms with Crippen molar-refractivity contribution in [3.63, 3.8) is 0 Å². The Morgan fingerprint density at radius 2 is 2.14 bits per heavy atom. The summed E-state index contributed by atoms with van der Waals surface area (Å²) >= 11 is 0. The molecule has 0 aliphatic heterocycles. The molecule has 2 N–H and O–H groups in total. The van der Waals surface area contributed by atoms with Crippen molar-refractivity contribution in [1.82, 2.24) is 5.32 Å². The summed E-state index contributed by atoms with van der Waals surface area (Å²) in [5.74, 6) is -0.357. The van der Waals surface area contributed by atoms with Crippen molar-refractivity contribution in [2.24, 2.45) is 5.41 Å². The van der Waals surface area contributed by atoms with Crippen LogP contribution in [-0.4, -0.2) is 28.6 Å². The van der Waals surface area contributed by atoms with Crippen molar-refractivity contribution < 1.29 is 14.8 Å². The lowest BCUT2D eigenvalue weighted by molar-refractivity contribution is -0.384. The Hall–Kier alpha value is -2.21. The zero-order valence-electron chi connectivity index (χ0n) is 12.4. The molecule has 21 heavy (non-hydrogen) atoms. The molecule has 1 rings (SSSR count). The van der Waals surface area contributed by atoms with Gasteiger partial charge in [-0.2, -0.15) is 0 Å². The minimum atomic E-state index is -0.646. The number of amides is 1. The van der Waals surface area contributed by atoms with Gasteiger partial charge in [-0.05, 0) is 17.1 Å². The molecule has 1 unspecified atom stereocenters. The van der Waals surface area contributed by atoms with Gasteiger partial charge in [0.05, 0.1) is 11.0 Å². The number of nitro benzene ring substituents is 1. The fourth-order valence-corrected chi connectivity index (χ4v) is 1.48. The Balaban J connectivity index is 2.59. The molecule has 0 saturated carbocycles. The zero-order chi connectivity index (χ0) is 16.0. The minimum Gasteiger partial charge on any atom is -0.391 e. The van der Waals surface area contributed by atoms with Gasteiger partial charge in [0.15, 0.2) is 0 Å². The lowest BCUT2D eigenvalue weighted by Crippen LogP contribution is -2.38. The van der Waals surface area contributed by atoms with E-state index < -0.39 is 11.0 Å². The van der Waals surface area contributed by atoms with Crippen LogP contribution in [0.1, 0.15) is 26.3 Å². The molecule has 0 aromatic heterocycles. The van der Waals surface area contributed by atoms with Crippen molar-refractivity contribution in [2.45, 2.75) is 26.9 Å². The Kier molecular flexibility index (Phi) is 5.60. The molecule has 0 aliphatic rings. The maximum atomic E-state index is 11.6. The van der Waals surface area contributed by atoms with E-state index in [1.165, 1.54) is 24.3 Å². The summed E-state index contributed by atoms with van der Waals surface area (Å²) in [4.78, 5) is 21.8. The largest absolute Gasteiger partial charge is 0.391 e. The number of rotatable bonds is 5. The lowest BCUT2D eigenvalue weighted by Gasteiger charge is -2.25. The monoisotopic (exact) mass is 292 g/mol. The Morgan fingerprint density at radius 1 is 1.48 bits per heavy atom. The maximum absolute atomic E-state index is 11.6. The average Bonchev–Trinajstić information content (AvgIpc) is 2.41. The number of aliphatic hydroxyl groups excluding tert-OH is 1. The van der Waals surface area contributed by atoms with Crippen molar-refractivity contribution in [3.8, 4) is 0 Å². The molecule has 0 fully saturated rings. The number of nitrogens with one attached hydrogen (secondary N) is 1. The van der Waals surface area contributed by atoms with E-state index in [1.54, 1.807) is 12.1 Å². The summed E-state index contributed by atoms with van der Waals surface area (Å²) in [5.41, 5.74) is 0.230. The van der Waals surface area contributed by atoms with Crippen LogP contribution in [0, 0.1) is 15.5 Å². The number of aliphatic hydroxyl groups is 1. The molecule has 1 aromatic carbocycles. The summed E-state index contributed by atoms with van der Waals surface area (Å²) in [7, 11) is 0. The van der Waals surface area contributed by atoms with Crippen LogP contribution < -0.4 is 5.32 Å². The molecular weight excluding hydrogens is 272 g/mol. The van der Waals surface area contributed by atoms with Gasteiger partial charge in [0.2, 0.25) is 5.91 Å². The molecule has 114 valence electrons. The first-order valence-corrected chi connectivity index (χ1v) is 6.58. The van der Waals surface area contributed by atoms with Gasteiger partial charge in [-0.25, -0.2) is 0 Å². The third-order valence-corrected chi connectivity index (χ3v) is 2.98. The fraction of sp³-hybridized carbons (Fsp3) is 0.400. The van der Waals surface area contributed by atoms with Gasteiger partial charge < -0.3 is 10.4 Å². The third-order valence-electron chi connectivity index (χ3n) is 2.98. The zero-order valence-corrected chi connectivity index (χ0v) is 12.4. The highest BCUT2D eigenvalue weighted by Gasteiger charge is 2.21. The molecule has 1 atom stereocenters. The summed E-state index contributed by atoms with van der Waals surface area (Å²) in [6.07, 6.45) is 2.13. The van der Waals surface area contributed by atoms with Crippen molar-refractivity contribution in [2.75, 3.05) is 6.54 Å². The number of non-ortho nitro benzene ring substituents is 1. The Bertz CT molecular complexity index is 547. The van der Waals surface area contributed by atoms with Gasteiger partial charge in [-0.15, -0.1) is 0 Å². The minimum absolute atomic E-state index is 0.0271. The number of carbonyl (C=O) groups excluding carboxylic acids is 1. The molecule has 0 bridgehead atoms. The van der Waals surface area contributed by atoms with Gasteiger partial charge in [0, 0.05) is 24.8 Å². The summed E-state index contributed by atoms with van der Waals surface area (Å²) < 4.78 is 0. The van der Waals surface area contributed by atoms with E-state index in [0.29, 0.717) is 5.56 Å². The van der Waals surface area contributed by atoms with Gasteiger partial charge >= 0.3 is 0 Å². The van der Waals surface area contributed by atoms with Crippen LogP contribution in [0.25, 0.3) is 6.08 Å². The number of benzene rings is 1. The van der Waals surface area contributed by atoms with E-state index in [4.69, 9.17) is 0 Å². The molecule has 0 heterocycles. The van der Waals surface area contributed by atoms with E-state index in [-0.39, 0.29) is 23.6 Å². The first kappa shape index (κ1) is 16.8. The number of hydrogen-bond acceptors (Lipinski definition) is 4. The first-order valence-electron chi connectivity index (χ1n) is 6.58. The van der Waals surface area contributed by atoms with Gasteiger partial charge in [0.1, 0.15) is 0 Å². The molecule has 1 amide bonds. The molecular formula is C15H20N2O4. The summed E-state index contributed by atoms with van der Waals surface area (Å²) in [5, 5.41) is 23.0. The Morgan fingerprint density at radius 3 is 2.71 bits per heavy atom. The van der Waals surface area contributed by atoms with E-state index in [0.717, 1.165) is 0 Å². The number of carbonyl (C=O) groups is 1. The van der Waals surface area contributed by atoms with Crippen LogP contribution in [-0.2, 0) is 4.79 Å². The lowest BCUT2D eigenvalue weighted by atomic mass is 9.89. The van der Waals surface area contributed by atoms with E-state index >= 15 is 0 Å². The predicted molar refractivity (Wildman–Crippen MR) is 80.6 cm³/mol. The highest BCUT2D eigenvalue weighted by atomic mass is 16.6. The van der Waals surface area contributed by atoms with E-state index in [2.05, 4.69) is 5.32 Å². The van der Waals surface area contributed by atoms with Crippen molar-refractivity contribution >= 4 is 17.7 Å². The third kappa shape index (κ3) is 5.74. The number of nitro groups is 1. The van der Waals surface area contributed by atoms with Crippen LogP contribution >= 0.6 is 0 Å². The van der Waals surface area contributed by atoms with Crippen molar-refractivity contribution in [3.05, 3.63) is 46.0 Å². The fourth-order valence-electron chi connectivity index (χ4n) is 1.48. The maximum Gasteiger partial charge on any atom is 0.270 e. The summed E-state index contributed by atoms with van der Waals surface area (Å²) in [6, 6.07) is 5.99. The standard InChI is InChI=1S/C15H20N2O4/c1-15(2,3)13(18)10-16-14(19)8-7-11-5-4-6-12(9-11)17(20)21/h4-9,13,18H,10H2,1-3H3,(H,16,19)/b8-7+.